The first-order valence-corrected chi connectivity index (χ1v) is 5.73. The smallest absolute Gasteiger partial charge is 0.393 e. The molecule has 1 aromatic rings. The number of hydrogen-bond acceptors (Lipinski definition) is 2. The maximum absolute atomic E-state index is 12.6. The summed E-state index contributed by atoms with van der Waals surface area (Å²) in [6.07, 6.45) is -4.72. The maximum atomic E-state index is 12.6. The van der Waals surface area contributed by atoms with Crippen molar-refractivity contribution < 1.29 is 18.3 Å². The Balaban J connectivity index is 2.98. The van der Waals surface area contributed by atoms with Crippen molar-refractivity contribution in [2.24, 2.45) is 11.1 Å². The molecule has 0 aliphatic carbocycles. The van der Waals surface area contributed by atoms with Crippen LogP contribution in [0.5, 0.6) is 0 Å². The number of nitrogens with two attached hydrogens (primary N) is 1. The summed E-state index contributed by atoms with van der Waals surface area (Å²) in [7, 11) is 0. The van der Waals surface area contributed by atoms with E-state index < -0.39 is 23.3 Å². The second-order valence-corrected chi connectivity index (χ2v) is 4.91. The zero-order valence-electron chi connectivity index (χ0n) is 10.5. The first-order chi connectivity index (χ1) is 8.19. The molecular weight excluding hydrogens is 243 g/mol. The van der Waals surface area contributed by atoms with Crippen LogP contribution >= 0.6 is 0 Å². The van der Waals surface area contributed by atoms with Crippen LogP contribution in [0.15, 0.2) is 24.3 Å². The van der Waals surface area contributed by atoms with Crippen LogP contribution in [-0.2, 0) is 12.6 Å². The number of aliphatic hydroxyl groups is 1. The second kappa shape index (κ2) is 5.28. The van der Waals surface area contributed by atoms with Crippen molar-refractivity contribution in [1.29, 1.82) is 0 Å². The Bertz CT molecular complexity index is 403. The highest BCUT2D eigenvalue weighted by Gasteiger charge is 2.32. The van der Waals surface area contributed by atoms with Gasteiger partial charge in [-0.2, -0.15) is 13.2 Å². The Hall–Kier alpha value is -1.07. The molecule has 0 heterocycles. The van der Waals surface area contributed by atoms with Gasteiger partial charge in [-0.05, 0) is 25.0 Å². The van der Waals surface area contributed by atoms with Gasteiger partial charge in [-0.25, -0.2) is 0 Å². The van der Waals surface area contributed by atoms with Gasteiger partial charge in [0.2, 0.25) is 0 Å². The van der Waals surface area contributed by atoms with E-state index in [4.69, 9.17) is 5.73 Å². The predicted molar refractivity (Wildman–Crippen MR) is 64.0 cm³/mol. The van der Waals surface area contributed by atoms with Crippen molar-refractivity contribution in [3.8, 4) is 0 Å². The largest absolute Gasteiger partial charge is 0.416 e. The van der Waals surface area contributed by atoms with Gasteiger partial charge in [0, 0.05) is 12.0 Å². The summed E-state index contributed by atoms with van der Waals surface area (Å²) in [5, 5.41) is 9.66. The maximum Gasteiger partial charge on any atom is 0.416 e. The van der Waals surface area contributed by atoms with Crippen LogP contribution in [-0.4, -0.2) is 17.8 Å². The Kier molecular flexibility index (Phi) is 4.40. The molecule has 0 aromatic heterocycles. The molecule has 0 spiro atoms. The summed E-state index contributed by atoms with van der Waals surface area (Å²) in [4.78, 5) is 0. The van der Waals surface area contributed by atoms with Crippen LogP contribution in [0, 0.1) is 5.41 Å². The fraction of sp³-hybridized carbons (Fsp3) is 0.538. The average Bonchev–Trinajstić information content (AvgIpc) is 2.28. The average molecular weight is 261 g/mol. The van der Waals surface area contributed by atoms with Crippen molar-refractivity contribution >= 4 is 0 Å². The highest BCUT2D eigenvalue weighted by Crippen LogP contribution is 2.32. The first-order valence-electron chi connectivity index (χ1n) is 5.73. The topological polar surface area (TPSA) is 46.2 Å². The molecule has 18 heavy (non-hydrogen) atoms. The van der Waals surface area contributed by atoms with Crippen molar-refractivity contribution in [2.75, 3.05) is 6.54 Å². The van der Waals surface area contributed by atoms with Gasteiger partial charge in [0.25, 0.3) is 0 Å². The quantitative estimate of drug-likeness (QED) is 0.875. The fourth-order valence-electron chi connectivity index (χ4n) is 1.71. The van der Waals surface area contributed by atoms with Gasteiger partial charge in [-0.3, -0.25) is 0 Å². The van der Waals surface area contributed by atoms with E-state index in [1.54, 1.807) is 19.9 Å². The number of alkyl halides is 3. The lowest BCUT2D eigenvalue weighted by Gasteiger charge is -2.31. The van der Waals surface area contributed by atoms with Crippen LogP contribution < -0.4 is 5.73 Å². The number of hydrogen-bond donors (Lipinski definition) is 2. The lowest BCUT2D eigenvalue weighted by molar-refractivity contribution is -0.137. The van der Waals surface area contributed by atoms with Gasteiger partial charge in [0.05, 0.1) is 11.7 Å². The van der Waals surface area contributed by atoms with E-state index in [0.29, 0.717) is 12.0 Å². The van der Waals surface area contributed by atoms with Crippen LogP contribution in [0.1, 0.15) is 25.0 Å². The minimum atomic E-state index is -4.35. The third-order valence-electron chi connectivity index (χ3n) is 3.34. The molecule has 0 radical (unpaired) electrons. The molecule has 1 aromatic carbocycles. The van der Waals surface area contributed by atoms with E-state index in [1.165, 1.54) is 6.07 Å². The lowest BCUT2D eigenvalue weighted by atomic mass is 9.79. The zero-order chi connectivity index (χ0) is 14.0. The molecule has 2 nitrogen and oxygen atoms in total. The molecule has 102 valence electrons. The van der Waals surface area contributed by atoms with Gasteiger partial charge >= 0.3 is 6.18 Å². The molecular formula is C13H18F3NO. The molecule has 0 saturated carbocycles. The SMILES string of the molecule is CC(O)C(C)(CN)Cc1cccc(C(F)(F)F)c1. The van der Waals surface area contributed by atoms with E-state index in [0.717, 1.165) is 12.1 Å². The number of rotatable bonds is 4. The van der Waals surface area contributed by atoms with E-state index >= 15 is 0 Å². The first kappa shape index (κ1) is 15.0. The van der Waals surface area contributed by atoms with Crippen LogP contribution in [0.25, 0.3) is 0 Å². The molecule has 0 bridgehead atoms. The summed E-state index contributed by atoms with van der Waals surface area (Å²) in [5.74, 6) is 0. The van der Waals surface area contributed by atoms with Crippen LogP contribution in [0.2, 0.25) is 0 Å². The number of aliphatic hydroxyl groups excluding tert-OH is 1. The van der Waals surface area contributed by atoms with E-state index in [1.807, 2.05) is 0 Å². The molecule has 2 atom stereocenters. The Morgan fingerprint density at radius 1 is 1.33 bits per heavy atom. The normalized spacial score (nSPS) is 17.3. The van der Waals surface area contributed by atoms with E-state index in [9.17, 15) is 18.3 Å². The summed E-state index contributed by atoms with van der Waals surface area (Å²) >= 11 is 0. The predicted octanol–water partition coefficient (Wildman–Crippen LogP) is 2.59. The van der Waals surface area contributed by atoms with Gasteiger partial charge in [-0.15, -0.1) is 0 Å². The molecule has 0 aliphatic heterocycles. The van der Waals surface area contributed by atoms with Crippen molar-refractivity contribution in [3.63, 3.8) is 0 Å². The Morgan fingerprint density at radius 2 is 1.94 bits per heavy atom. The molecule has 0 fully saturated rings. The van der Waals surface area contributed by atoms with Gasteiger partial charge in [0.15, 0.2) is 0 Å². The van der Waals surface area contributed by atoms with Crippen molar-refractivity contribution in [1.82, 2.24) is 0 Å². The molecule has 0 saturated heterocycles. The van der Waals surface area contributed by atoms with E-state index in [2.05, 4.69) is 0 Å². The van der Waals surface area contributed by atoms with Crippen molar-refractivity contribution in [2.45, 2.75) is 32.5 Å². The second-order valence-electron chi connectivity index (χ2n) is 4.91. The molecule has 0 aliphatic rings. The van der Waals surface area contributed by atoms with E-state index in [-0.39, 0.29) is 6.54 Å². The van der Waals surface area contributed by atoms with Gasteiger partial charge in [0.1, 0.15) is 0 Å². The molecule has 2 unspecified atom stereocenters. The summed E-state index contributed by atoms with van der Waals surface area (Å²) in [6, 6.07) is 5.13. The Morgan fingerprint density at radius 3 is 2.39 bits per heavy atom. The molecule has 1 rings (SSSR count). The van der Waals surface area contributed by atoms with Crippen LogP contribution in [0.4, 0.5) is 13.2 Å². The summed E-state index contributed by atoms with van der Waals surface area (Å²) in [6.45, 7) is 3.57. The lowest BCUT2D eigenvalue weighted by Crippen LogP contribution is -2.39. The monoisotopic (exact) mass is 261 g/mol. The highest BCUT2D eigenvalue weighted by atomic mass is 19.4. The van der Waals surface area contributed by atoms with Crippen molar-refractivity contribution in [3.05, 3.63) is 35.4 Å². The minimum Gasteiger partial charge on any atom is -0.393 e. The molecule has 5 heteroatoms. The minimum absolute atomic E-state index is 0.209. The third kappa shape index (κ3) is 3.46. The van der Waals surface area contributed by atoms with Gasteiger partial charge < -0.3 is 10.8 Å². The molecule has 3 N–H and O–H groups in total. The fourth-order valence-corrected chi connectivity index (χ4v) is 1.71. The number of halogens is 3. The summed E-state index contributed by atoms with van der Waals surface area (Å²) < 4.78 is 37.7. The standard InChI is InChI=1S/C13H18F3NO/c1-9(18)12(2,8-17)7-10-4-3-5-11(6-10)13(14,15)16/h3-6,9,18H,7-8,17H2,1-2H3. The van der Waals surface area contributed by atoms with Crippen LogP contribution in [0.3, 0.4) is 0 Å². The Labute approximate surface area is 105 Å². The number of benzene rings is 1. The third-order valence-corrected chi connectivity index (χ3v) is 3.34. The molecule has 0 amide bonds. The van der Waals surface area contributed by atoms with Gasteiger partial charge in [-0.1, -0.05) is 25.1 Å². The highest BCUT2D eigenvalue weighted by molar-refractivity contribution is 5.26. The zero-order valence-corrected chi connectivity index (χ0v) is 10.5. The summed E-state index contributed by atoms with van der Waals surface area (Å²) in [5.41, 5.74) is 4.83.